The lowest BCUT2D eigenvalue weighted by molar-refractivity contribution is 0.0454. The summed E-state index contributed by atoms with van der Waals surface area (Å²) in [6.07, 6.45) is 1.02. The average Bonchev–Trinajstić information content (AvgIpc) is 2.20. The number of aromatic nitrogens is 3. The molecular weight excluding hydrogens is 248 g/mol. The molecule has 1 aromatic rings. The van der Waals surface area contributed by atoms with Crippen LogP contribution < -0.4 is 5.32 Å². The van der Waals surface area contributed by atoms with Crippen molar-refractivity contribution < 1.29 is 4.74 Å². The molecule has 16 heavy (non-hydrogen) atoms. The molecule has 1 fully saturated rings. The fourth-order valence-corrected chi connectivity index (χ4v) is 2.25. The van der Waals surface area contributed by atoms with Crippen LogP contribution in [0.2, 0.25) is 5.28 Å². The minimum atomic E-state index is 0.233. The molecule has 0 amide bonds. The summed E-state index contributed by atoms with van der Waals surface area (Å²) in [6.45, 7) is 4.42. The number of hydrogen-bond donors (Lipinski definition) is 1. The van der Waals surface area contributed by atoms with Gasteiger partial charge >= 0.3 is 0 Å². The number of anilines is 1. The van der Waals surface area contributed by atoms with Crippen LogP contribution in [0.3, 0.4) is 0 Å². The second-order valence-electron chi connectivity index (χ2n) is 3.41. The Balaban J connectivity index is 2.02. The van der Waals surface area contributed by atoms with E-state index in [2.05, 4.69) is 27.2 Å². The molecule has 0 saturated carbocycles. The van der Waals surface area contributed by atoms with E-state index in [0.29, 0.717) is 16.4 Å². The molecule has 1 saturated heterocycles. The van der Waals surface area contributed by atoms with E-state index >= 15 is 0 Å². The maximum Gasteiger partial charge on any atom is 0.228 e. The first kappa shape index (κ1) is 11.9. The Labute approximate surface area is 103 Å². The minimum absolute atomic E-state index is 0.233. The van der Waals surface area contributed by atoms with Crippen molar-refractivity contribution in [2.45, 2.75) is 23.8 Å². The summed E-state index contributed by atoms with van der Waals surface area (Å²) in [5.74, 6) is 0.546. The zero-order valence-corrected chi connectivity index (χ0v) is 10.5. The number of hydrogen-bond acceptors (Lipinski definition) is 6. The monoisotopic (exact) mass is 260 g/mol. The fraction of sp³-hybridized carbons (Fsp3) is 0.667. The predicted octanol–water partition coefficient (Wildman–Crippen LogP) is 1.84. The van der Waals surface area contributed by atoms with E-state index < -0.39 is 0 Å². The number of nitrogens with one attached hydrogen (secondary N) is 1. The SMILES string of the molecule is CCCNc1nc(Cl)nc(SC2COC2)n1. The number of rotatable bonds is 5. The molecule has 0 aliphatic carbocycles. The van der Waals surface area contributed by atoms with E-state index in [1.54, 1.807) is 11.8 Å². The summed E-state index contributed by atoms with van der Waals surface area (Å²) in [4.78, 5) is 12.4. The molecule has 88 valence electrons. The molecule has 0 spiro atoms. The lowest BCUT2D eigenvalue weighted by Gasteiger charge is -2.24. The van der Waals surface area contributed by atoms with Crippen LogP contribution in [-0.2, 0) is 4.74 Å². The third-order valence-corrected chi connectivity index (χ3v) is 3.17. The first-order valence-corrected chi connectivity index (χ1v) is 6.43. The molecular formula is C9H13ClN4OS. The Kier molecular flexibility index (Phi) is 4.20. The first-order chi connectivity index (χ1) is 7.78. The van der Waals surface area contributed by atoms with Gasteiger partial charge in [-0.05, 0) is 18.0 Å². The topological polar surface area (TPSA) is 59.9 Å². The Morgan fingerprint density at radius 2 is 2.25 bits per heavy atom. The molecule has 7 heteroatoms. The molecule has 2 heterocycles. The summed E-state index contributed by atoms with van der Waals surface area (Å²) in [7, 11) is 0. The van der Waals surface area contributed by atoms with Gasteiger partial charge in [0.25, 0.3) is 0 Å². The van der Waals surface area contributed by atoms with Crippen molar-refractivity contribution in [3.63, 3.8) is 0 Å². The Bertz CT molecular complexity index is 361. The van der Waals surface area contributed by atoms with E-state index in [1.165, 1.54) is 0 Å². The van der Waals surface area contributed by atoms with Gasteiger partial charge in [0.05, 0.1) is 18.5 Å². The normalized spacial score (nSPS) is 15.9. The van der Waals surface area contributed by atoms with Gasteiger partial charge in [-0.15, -0.1) is 0 Å². The predicted molar refractivity (Wildman–Crippen MR) is 64.1 cm³/mol. The smallest absolute Gasteiger partial charge is 0.228 e. The second-order valence-corrected chi connectivity index (χ2v) is 5.02. The molecule has 0 bridgehead atoms. The molecule has 1 aliphatic rings. The summed E-state index contributed by atoms with van der Waals surface area (Å²) in [5, 5.41) is 4.43. The second kappa shape index (κ2) is 5.65. The highest BCUT2D eigenvalue weighted by Gasteiger charge is 2.21. The van der Waals surface area contributed by atoms with Crippen molar-refractivity contribution in [2.24, 2.45) is 0 Å². The van der Waals surface area contributed by atoms with Crippen LogP contribution in [0.4, 0.5) is 5.95 Å². The van der Waals surface area contributed by atoms with Crippen molar-refractivity contribution in [1.29, 1.82) is 0 Å². The zero-order valence-electron chi connectivity index (χ0n) is 8.94. The number of nitrogens with zero attached hydrogens (tertiary/aromatic N) is 3. The summed E-state index contributed by atoms with van der Waals surface area (Å²) >= 11 is 7.41. The lowest BCUT2D eigenvalue weighted by Crippen LogP contribution is -2.30. The van der Waals surface area contributed by atoms with Crippen LogP contribution in [0.25, 0.3) is 0 Å². The number of thioether (sulfide) groups is 1. The van der Waals surface area contributed by atoms with Crippen molar-refractivity contribution in [1.82, 2.24) is 15.0 Å². The van der Waals surface area contributed by atoms with Gasteiger partial charge in [0.15, 0.2) is 5.16 Å². The molecule has 2 rings (SSSR count). The molecule has 0 radical (unpaired) electrons. The molecule has 1 N–H and O–H groups in total. The fourth-order valence-electron chi connectivity index (χ4n) is 1.13. The molecule has 0 aromatic carbocycles. The molecule has 1 aliphatic heterocycles. The van der Waals surface area contributed by atoms with Crippen LogP contribution in [0.15, 0.2) is 5.16 Å². The third-order valence-electron chi connectivity index (χ3n) is 2.00. The van der Waals surface area contributed by atoms with Gasteiger partial charge in [-0.1, -0.05) is 18.7 Å². The van der Waals surface area contributed by atoms with E-state index in [1.807, 2.05) is 0 Å². The first-order valence-electron chi connectivity index (χ1n) is 5.17. The van der Waals surface area contributed by atoms with Gasteiger partial charge in [0.1, 0.15) is 0 Å². The van der Waals surface area contributed by atoms with Crippen LogP contribution in [0, 0.1) is 0 Å². The summed E-state index contributed by atoms with van der Waals surface area (Å²) in [6, 6.07) is 0. The Morgan fingerprint density at radius 3 is 2.88 bits per heavy atom. The number of halogens is 1. The summed E-state index contributed by atoms with van der Waals surface area (Å²) in [5.41, 5.74) is 0. The quantitative estimate of drug-likeness (QED) is 0.872. The highest BCUT2D eigenvalue weighted by Crippen LogP contribution is 2.26. The van der Waals surface area contributed by atoms with Gasteiger partial charge in [-0.25, -0.2) is 0 Å². The van der Waals surface area contributed by atoms with Crippen molar-refractivity contribution in [3.8, 4) is 0 Å². The van der Waals surface area contributed by atoms with Crippen LogP contribution in [-0.4, -0.2) is 40.0 Å². The van der Waals surface area contributed by atoms with Crippen LogP contribution in [0.5, 0.6) is 0 Å². The van der Waals surface area contributed by atoms with Gasteiger partial charge in [0.2, 0.25) is 11.2 Å². The highest BCUT2D eigenvalue weighted by molar-refractivity contribution is 7.99. The average molecular weight is 261 g/mol. The highest BCUT2D eigenvalue weighted by atomic mass is 35.5. The van der Waals surface area contributed by atoms with E-state index in [9.17, 15) is 0 Å². The number of ether oxygens (including phenoxy) is 1. The van der Waals surface area contributed by atoms with E-state index in [-0.39, 0.29) is 5.28 Å². The summed E-state index contributed by atoms with van der Waals surface area (Å²) < 4.78 is 5.09. The van der Waals surface area contributed by atoms with E-state index in [4.69, 9.17) is 16.3 Å². The van der Waals surface area contributed by atoms with Crippen molar-refractivity contribution in [2.75, 3.05) is 25.1 Å². The Morgan fingerprint density at radius 1 is 1.44 bits per heavy atom. The van der Waals surface area contributed by atoms with Crippen molar-refractivity contribution in [3.05, 3.63) is 5.28 Å². The maximum absolute atomic E-state index is 5.83. The Hall–Kier alpha value is -0.590. The molecule has 0 atom stereocenters. The molecule has 5 nitrogen and oxygen atoms in total. The van der Waals surface area contributed by atoms with Gasteiger partial charge < -0.3 is 10.1 Å². The maximum atomic E-state index is 5.83. The molecule has 1 aromatic heterocycles. The van der Waals surface area contributed by atoms with Crippen LogP contribution >= 0.6 is 23.4 Å². The zero-order chi connectivity index (χ0) is 11.4. The minimum Gasteiger partial charge on any atom is -0.379 e. The van der Waals surface area contributed by atoms with Crippen LogP contribution in [0.1, 0.15) is 13.3 Å². The van der Waals surface area contributed by atoms with Gasteiger partial charge in [-0.2, -0.15) is 15.0 Å². The van der Waals surface area contributed by atoms with Gasteiger partial charge in [0, 0.05) is 6.54 Å². The third kappa shape index (κ3) is 3.20. The largest absolute Gasteiger partial charge is 0.379 e. The van der Waals surface area contributed by atoms with Gasteiger partial charge in [-0.3, -0.25) is 0 Å². The molecule has 0 unspecified atom stereocenters. The standard InChI is InChI=1S/C9H13ClN4OS/c1-2-3-11-8-12-7(10)13-9(14-8)16-6-4-15-5-6/h6H,2-5H2,1H3,(H,11,12,13,14). The van der Waals surface area contributed by atoms with E-state index in [0.717, 1.165) is 26.2 Å². The lowest BCUT2D eigenvalue weighted by atomic mass is 10.4. The van der Waals surface area contributed by atoms with Crippen molar-refractivity contribution >= 4 is 29.3 Å².